The number of piperidine rings is 1. The maximum atomic E-state index is 13.5. The summed E-state index contributed by atoms with van der Waals surface area (Å²) in [6.07, 6.45) is 5.57. The zero-order valence-corrected chi connectivity index (χ0v) is 28.3. The smallest absolute Gasteiger partial charge is 0.196 e. The number of nitrogens with zero attached hydrogens (tertiary/aromatic N) is 3. The molecule has 4 heterocycles. The first kappa shape index (κ1) is 31.2. The van der Waals surface area contributed by atoms with Crippen LogP contribution in [0, 0.1) is 13.8 Å². The normalized spacial score (nSPS) is 15.6. The molecule has 1 unspecified atom stereocenters. The van der Waals surface area contributed by atoms with Crippen molar-refractivity contribution in [3.63, 3.8) is 0 Å². The summed E-state index contributed by atoms with van der Waals surface area (Å²) >= 11 is 6.42. The molecule has 5 rings (SSSR count). The average molecular weight is 619 g/mol. The van der Waals surface area contributed by atoms with Gasteiger partial charge < -0.3 is 19.1 Å². The highest BCUT2D eigenvalue weighted by Gasteiger charge is 2.40. The van der Waals surface area contributed by atoms with Crippen molar-refractivity contribution in [2.45, 2.75) is 84.7 Å². The predicted octanol–water partition coefficient (Wildman–Crippen LogP) is 8.68. The molecule has 1 saturated heterocycles. The molecule has 7 nitrogen and oxygen atoms in total. The Morgan fingerprint density at radius 2 is 1.86 bits per heavy atom. The van der Waals surface area contributed by atoms with Gasteiger partial charge in [0.2, 0.25) is 0 Å². The molecule has 0 saturated carbocycles. The summed E-state index contributed by atoms with van der Waals surface area (Å²) < 4.78 is 13.2. The van der Waals surface area contributed by atoms with E-state index in [1.54, 1.807) is 12.4 Å². The van der Waals surface area contributed by atoms with Gasteiger partial charge in [-0.25, -0.2) is 4.98 Å². The van der Waals surface area contributed by atoms with E-state index in [4.69, 9.17) is 25.4 Å². The van der Waals surface area contributed by atoms with E-state index in [0.29, 0.717) is 27.4 Å². The van der Waals surface area contributed by atoms with Crippen molar-refractivity contribution in [1.82, 2.24) is 9.97 Å². The van der Waals surface area contributed by atoms with Crippen LogP contribution in [-0.2, 0) is 4.43 Å². The lowest BCUT2D eigenvalue weighted by molar-refractivity contribution is 0.152. The van der Waals surface area contributed by atoms with Crippen molar-refractivity contribution in [1.29, 1.82) is 0 Å². The zero-order chi connectivity index (χ0) is 31.1. The molecule has 0 spiro atoms. The molecule has 1 N–H and O–H groups in total. The number of halogens is 1. The first-order valence-electron chi connectivity index (χ1n) is 15.1. The van der Waals surface area contributed by atoms with Gasteiger partial charge in [0.05, 0.1) is 17.1 Å². The van der Waals surface area contributed by atoms with E-state index in [2.05, 4.69) is 62.1 Å². The molecule has 228 valence electrons. The number of hydrogen-bond donors (Lipinski definition) is 1. The van der Waals surface area contributed by atoms with E-state index < -0.39 is 8.32 Å². The van der Waals surface area contributed by atoms with Gasteiger partial charge in [0.1, 0.15) is 16.5 Å². The van der Waals surface area contributed by atoms with Crippen molar-refractivity contribution in [3.8, 4) is 11.3 Å². The Kier molecular flexibility index (Phi) is 8.76. The lowest BCUT2D eigenvalue weighted by Gasteiger charge is -2.42. The van der Waals surface area contributed by atoms with Crippen molar-refractivity contribution in [2.75, 3.05) is 23.3 Å². The zero-order valence-electron chi connectivity index (χ0n) is 26.5. The van der Waals surface area contributed by atoms with Crippen LogP contribution in [0.5, 0.6) is 0 Å². The van der Waals surface area contributed by atoms with Crippen LogP contribution in [-0.4, -0.2) is 37.5 Å². The molecule has 9 heteroatoms. The van der Waals surface area contributed by atoms with Crippen molar-refractivity contribution in [3.05, 3.63) is 80.9 Å². The number of nitrogens with one attached hydrogen (secondary N) is 1. The molecular formula is C34H43ClN4O3Si. The van der Waals surface area contributed by atoms with Crippen LogP contribution in [0.1, 0.15) is 63.3 Å². The Balaban J connectivity index is 1.44. The van der Waals surface area contributed by atoms with E-state index in [1.807, 2.05) is 44.2 Å². The maximum absolute atomic E-state index is 13.5. The number of anilines is 2. The van der Waals surface area contributed by atoms with Gasteiger partial charge in [-0.15, -0.1) is 0 Å². The largest absolute Gasteiger partial charge is 0.455 e. The van der Waals surface area contributed by atoms with E-state index >= 15 is 0 Å². The molecule has 1 atom stereocenters. The number of aromatic nitrogens is 2. The molecule has 0 bridgehead atoms. The summed E-state index contributed by atoms with van der Waals surface area (Å²) in [4.78, 5) is 24.8. The fourth-order valence-corrected chi connectivity index (χ4v) is 7.10. The number of fused-ring (bicyclic) bond motifs is 1. The van der Waals surface area contributed by atoms with Crippen LogP contribution < -0.4 is 15.6 Å². The summed E-state index contributed by atoms with van der Waals surface area (Å²) in [5.74, 6) is 1.37. The summed E-state index contributed by atoms with van der Waals surface area (Å²) in [6, 6.07) is 11.4. The van der Waals surface area contributed by atoms with Crippen LogP contribution in [0.3, 0.4) is 0 Å². The lowest BCUT2D eigenvalue weighted by atomic mass is 9.99. The molecule has 1 fully saturated rings. The van der Waals surface area contributed by atoms with Crippen LogP contribution in [0.25, 0.3) is 22.3 Å². The van der Waals surface area contributed by atoms with E-state index in [1.165, 1.54) is 0 Å². The first-order valence-corrected chi connectivity index (χ1v) is 18.4. The average Bonchev–Trinajstić information content (AvgIpc) is 2.96. The number of aryl methyl sites for hydroxylation is 1. The summed E-state index contributed by atoms with van der Waals surface area (Å²) in [7, 11) is -1.84. The third-order valence-electron chi connectivity index (χ3n) is 9.00. The third-order valence-corrected chi connectivity index (χ3v) is 13.7. The van der Waals surface area contributed by atoms with E-state index in [0.717, 1.165) is 54.1 Å². The fourth-order valence-electron chi connectivity index (χ4n) is 5.53. The first-order chi connectivity index (χ1) is 20.2. The Bertz CT molecular complexity index is 1680. The predicted molar refractivity (Wildman–Crippen MR) is 180 cm³/mol. The second-order valence-corrected chi connectivity index (χ2v) is 18.4. The lowest BCUT2D eigenvalue weighted by Crippen LogP contribution is -2.47. The monoisotopic (exact) mass is 618 g/mol. The summed E-state index contributed by atoms with van der Waals surface area (Å²) in [5.41, 5.74) is 4.67. The molecule has 1 aliphatic rings. The molecule has 4 aromatic rings. The molecule has 43 heavy (non-hydrogen) atoms. The van der Waals surface area contributed by atoms with Crippen molar-refractivity contribution >= 4 is 42.4 Å². The SMILES string of the molecule is Cc1cc(C(C)Nc2ccc(Cl)nc2N2CCC(O[Si](C)(C)C(C)(C)C)CC2)c2oc(-c3cccnc3)c(C)c(=O)c2c1. The van der Waals surface area contributed by atoms with Crippen LogP contribution >= 0.6 is 11.6 Å². The Morgan fingerprint density at radius 3 is 2.51 bits per heavy atom. The number of rotatable bonds is 7. The van der Waals surface area contributed by atoms with Gasteiger partial charge in [0.25, 0.3) is 0 Å². The quantitative estimate of drug-likeness (QED) is 0.164. The molecular weight excluding hydrogens is 576 g/mol. The summed E-state index contributed by atoms with van der Waals surface area (Å²) in [6.45, 7) is 19.1. The number of benzene rings is 1. The number of pyridine rings is 2. The standard InChI is InChI=1S/C34H43ClN4O3Si/c1-21-18-26(32-27(19-21)30(40)22(2)31(41-32)24-10-9-15-36-20-24)23(3)37-28-11-12-29(35)38-33(28)39-16-13-25(14-17-39)42-43(7,8)34(4,5)6/h9-12,15,18-20,23,25,37H,13-14,16-17H2,1-8H3. The van der Waals surface area contributed by atoms with Gasteiger partial charge in [-0.05, 0) is 87.6 Å². The van der Waals surface area contributed by atoms with Gasteiger partial charge >= 0.3 is 0 Å². The molecule has 0 radical (unpaired) electrons. The Labute approximate surface area is 260 Å². The van der Waals surface area contributed by atoms with Gasteiger partial charge in [0.15, 0.2) is 19.6 Å². The van der Waals surface area contributed by atoms with Gasteiger partial charge in [-0.1, -0.05) is 38.4 Å². The van der Waals surface area contributed by atoms with Crippen LogP contribution in [0.4, 0.5) is 11.5 Å². The van der Waals surface area contributed by atoms with E-state index in [9.17, 15) is 4.79 Å². The van der Waals surface area contributed by atoms with Gasteiger partial charge in [0, 0.05) is 48.3 Å². The minimum atomic E-state index is -1.84. The highest BCUT2D eigenvalue weighted by molar-refractivity contribution is 6.74. The topological polar surface area (TPSA) is 80.5 Å². The Hall–Kier alpha value is -3.20. The molecule has 1 aromatic carbocycles. The second kappa shape index (κ2) is 12.1. The van der Waals surface area contributed by atoms with Gasteiger partial charge in [-0.2, -0.15) is 0 Å². The fraction of sp³-hybridized carbons (Fsp3) is 0.441. The molecule has 0 amide bonds. The highest BCUT2D eigenvalue weighted by atomic mass is 35.5. The van der Waals surface area contributed by atoms with Gasteiger partial charge in [-0.3, -0.25) is 9.78 Å². The van der Waals surface area contributed by atoms with Crippen molar-refractivity contribution < 1.29 is 8.84 Å². The maximum Gasteiger partial charge on any atom is 0.196 e. The summed E-state index contributed by atoms with van der Waals surface area (Å²) in [5, 5.41) is 4.89. The number of hydrogen-bond acceptors (Lipinski definition) is 7. The minimum absolute atomic E-state index is 0.0334. The molecule has 1 aliphatic heterocycles. The highest BCUT2D eigenvalue weighted by Crippen LogP contribution is 2.39. The minimum Gasteiger partial charge on any atom is -0.455 e. The third kappa shape index (κ3) is 6.51. The van der Waals surface area contributed by atoms with E-state index in [-0.39, 0.29) is 22.6 Å². The Morgan fingerprint density at radius 1 is 1.14 bits per heavy atom. The molecule has 3 aromatic heterocycles. The molecule has 0 aliphatic carbocycles. The van der Waals surface area contributed by atoms with Crippen molar-refractivity contribution in [2.24, 2.45) is 0 Å². The second-order valence-electron chi connectivity index (χ2n) is 13.3. The van der Waals surface area contributed by atoms with Crippen LogP contribution in [0.15, 0.2) is 58.0 Å². The van der Waals surface area contributed by atoms with Crippen LogP contribution in [0.2, 0.25) is 23.3 Å².